The van der Waals surface area contributed by atoms with Crippen LogP contribution in [0.2, 0.25) is 0 Å². The van der Waals surface area contributed by atoms with Crippen LogP contribution in [0, 0.1) is 6.92 Å². The molecular weight excluding hydrogens is 274 g/mol. The van der Waals surface area contributed by atoms with E-state index in [1.807, 2.05) is 0 Å². The molecule has 0 aliphatic carbocycles. The summed E-state index contributed by atoms with van der Waals surface area (Å²) in [4.78, 5) is 14.2. The molecule has 0 spiro atoms. The van der Waals surface area contributed by atoms with Crippen LogP contribution in [0.3, 0.4) is 0 Å². The van der Waals surface area contributed by atoms with Crippen LogP contribution >= 0.6 is 0 Å². The molecule has 0 unspecified atom stereocenters. The Bertz CT molecular complexity index is 705. The van der Waals surface area contributed by atoms with Gasteiger partial charge >= 0.3 is 5.97 Å². The molecule has 9 heteroatoms. The first-order chi connectivity index (χ1) is 8.88. The standard InChI is InChI=1S/C10H9N3O5S/c1-6-4-8(18-12-6)13-19(16,17)9-3-2-7(5-11-9)10(14)15/h2-5,13H,1H3,(H,14,15). The van der Waals surface area contributed by atoms with Gasteiger partial charge in [-0.25, -0.2) is 14.5 Å². The number of carboxylic acids is 1. The molecule has 0 atom stereocenters. The predicted molar refractivity (Wildman–Crippen MR) is 63.2 cm³/mol. The Morgan fingerprint density at radius 2 is 2.16 bits per heavy atom. The molecule has 2 heterocycles. The molecule has 0 aliphatic heterocycles. The largest absolute Gasteiger partial charge is 0.478 e. The Labute approximate surface area is 108 Å². The Hall–Kier alpha value is -2.42. The molecule has 0 bridgehead atoms. The van der Waals surface area contributed by atoms with Crippen molar-refractivity contribution in [1.82, 2.24) is 10.1 Å². The number of hydrogen-bond acceptors (Lipinski definition) is 6. The zero-order chi connectivity index (χ0) is 14.0. The van der Waals surface area contributed by atoms with E-state index in [-0.39, 0.29) is 16.5 Å². The van der Waals surface area contributed by atoms with Crippen molar-refractivity contribution < 1.29 is 22.8 Å². The molecule has 0 radical (unpaired) electrons. The van der Waals surface area contributed by atoms with Crippen molar-refractivity contribution in [2.75, 3.05) is 4.72 Å². The Kier molecular flexibility index (Phi) is 3.21. The number of rotatable bonds is 4. The van der Waals surface area contributed by atoms with Crippen LogP contribution in [0.5, 0.6) is 0 Å². The van der Waals surface area contributed by atoms with Gasteiger partial charge in [0.2, 0.25) is 5.88 Å². The number of hydrogen-bond donors (Lipinski definition) is 2. The maximum atomic E-state index is 11.9. The number of pyridine rings is 1. The van der Waals surface area contributed by atoms with E-state index in [4.69, 9.17) is 9.63 Å². The average molecular weight is 283 g/mol. The number of aromatic nitrogens is 2. The summed E-state index contributed by atoms with van der Waals surface area (Å²) >= 11 is 0. The summed E-state index contributed by atoms with van der Waals surface area (Å²) < 4.78 is 30.6. The molecule has 0 fully saturated rings. The monoisotopic (exact) mass is 283 g/mol. The summed E-state index contributed by atoms with van der Waals surface area (Å²) in [5.74, 6) is -1.23. The highest BCUT2D eigenvalue weighted by molar-refractivity contribution is 7.92. The molecule has 0 saturated heterocycles. The maximum absolute atomic E-state index is 11.9. The topological polar surface area (TPSA) is 122 Å². The van der Waals surface area contributed by atoms with Gasteiger partial charge < -0.3 is 9.63 Å². The van der Waals surface area contributed by atoms with Crippen LogP contribution in [0.4, 0.5) is 5.88 Å². The predicted octanol–water partition coefficient (Wildman–Crippen LogP) is 0.877. The SMILES string of the molecule is Cc1cc(NS(=O)(=O)c2ccc(C(=O)O)cn2)on1. The lowest BCUT2D eigenvalue weighted by molar-refractivity contribution is 0.0696. The summed E-state index contributed by atoms with van der Waals surface area (Å²) in [6.07, 6.45) is 0.961. The number of carboxylic acid groups (broad SMARTS) is 1. The van der Waals surface area contributed by atoms with E-state index < -0.39 is 16.0 Å². The van der Waals surface area contributed by atoms with Crippen molar-refractivity contribution in [2.45, 2.75) is 11.9 Å². The summed E-state index contributed by atoms with van der Waals surface area (Å²) in [5, 5.41) is 11.9. The number of carbonyl (C=O) groups is 1. The Morgan fingerprint density at radius 1 is 1.42 bits per heavy atom. The lowest BCUT2D eigenvalue weighted by atomic mass is 10.3. The molecule has 2 rings (SSSR count). The van der Waals surface area contributed by atoms with Gasteiger partial charge in [0.25, 0.3) is 10.0 Å². The summed E-state index contributed by atoms with van der Waals surface area (Å²) in [6.45, 7) is 1.64. The third-order valence-electron chi connectivity index (χ3n) is 2.12. The highest BCUT2D eigenvalue weighted by Gasteiger charge is 2.18. The number of anilines is 1. The number of nitrogens with zero attached hydrogens (tertiary/aromatic N) is 2. The van der Waals surface area contributed by atoms with Crippen LogP contribution in [0.25, 0.3) is 0 Å². The Balaban J connectivity index is 2.26. The molecular formula is C10H9N3O5S. The number of aryl methyl sites for hydroxylation is 1. The number of aromatic carboxylic acids is 1. The van der Waals surface area contributed by atoms with Crippen LogP contribution in [0.1, 0.15) is 16.1 Å². The zero-order valence-corrected chi connectivity index (χ0v) is 10.5. The van der Waals surface area contributed by atoms with Crippen molar-refractivity contribution in [3.8, 4) is 0 Å². The number of sulfonamides is 1. The highest BCUT2D eigenvalue weighted by Crippen LogP contribution is 2.15. The molecule has 2 N–H and O–H groups in total. The molecule has 19 heavy (non-hydrogen) atoms. The van der Waals surface area contributed by atoms with E-state index >= 15 is 0 Å². The minimum atomic E-state index is -3.93. The van der Waals surface area contributed by atoms with Crippen molar-refractivity contribution in [1.29, 1.82) is 0 Å². The van der Waals surface area contributed by atoms with Gasteiger partial charge in [-0.15, -0.1) is 0 Å². The molecule has 0 aromatic carbocycles. The fourth-order valence-corrected chi connectivity index (χ4v) is 2.17. The molecule has 0 amide bonds. The summed E-state index contributed by atoms with van der Waals surface area (Å²) in [5.41, 5.74) is 0.418. The minimum absolute atomic E-state index is 0.0402. The maximum Gasteiger partial charge on any atom is 0.337 e. The molecule has 2 aromatic rings. The fourth-order valence-electron chi connectivity index (χ4n) is 1.26. The van der Waals surface area contributed by atoms with Gasteiger partial charge in [-0.2, -0.15) is 8.42 Å². The molecule has 0 aliphatic rings. The van der Waals surface area contributed by atoms with Crippen LogP contribution < -0.4 is 4.72 Å². The van der Waals surface area contributed by atoms with Gasteiger partial charge in [0.1, 0.15) is 0 Å². The smallest absolute Gasteiger partial charge is 0.337 e. The van der Waals surface area contributed by atoms with E-state index in [9.17, 15) is 13.2 Å². The van der Waals surface area contributed by atoms with E-state index in [1.54, 1.807) is 6.92 Å². The van der Waals surface area contributed by atoms with Crippen molar-refractivity contribution >= 4 is 21.9 Å². The normalized spacial score (nSPS) is 11.2. The van der Waals surface area contributed by atoms with Crippen LogP contribution in [-0.2, 0) is 10.0 Å². The number of nitrogens with one attached hydrogen (secondary N) is 1. The van der Waals surface area contributed by atoms with Crippen molar-refractivity contribution in [3.05, 3.63) is 35.7 Å². The molecule has 8 nitrogen and oxygen atoms in total. The van der Waals surface area contributed by atoms with E-state index in [2.05, 4.69) is 14.9 Å². The van der Waals surface area contributed by atoms with E-state index in [0.29, 0.717) is 5.69 Å². The van der Waals surface area contributed by atoms with Crippen LogP contribution in [-0.4, -0.2) is 29.6 Å². The third kappa shape index (κ3) is 2.88. The zero-order valence-electron chi connectivity index (χ0n) is 9.69. The first kappa shape index (κ1) is 13.0. The summed E-state index contributed by atoms with van der Waals surface area (Å²) in [6, 6.07) is 3.65. The Morgan fingerprint density at radius 3 is 2.63 bits per heavy atom. The molecule has 2 aromatic heterocycles. The van der Waals surface area contributed by atoms with E-state index in [0.717, 1.165) is 18.3 Å². The second-order valence-electron chi connectivity index (χ2n) is 3.63. The summed E-state index contributed by atoms with van der Waals surface area (Å²) in [7, 11) is -3.93. The fraction of sp³-hybridized carbons (Fsp3) is 0.100. The van der Waals surface area contributed by atoms with Gasteiger partial charge in [-0.3, -0.25) is 0 Å². The minimum Gasteiger partial charge on any atom is -0.478 e. The van der Waals surface area contributed by atoms with E-state index in [1.165, 1.54) is 6.07 Å². The quantitative estimate of drug-likeness (QED) is 0.853. The molecule has 100 valence electrons. The highest BCUT2D eigenvalue weighted by atomic mass is 32.2. The first-order valence-electron chi connectivity index (χ1n) is 5.04. The first-order valence-corrected chi connectivity index (χ1v) is 6.52. The van der Waals surface area contributed by atoms with Crippen LogP contribution in [0.15, 0.2) is 33.9 Å². The average Bonchev–Trinajstić information content (AvgIpc) is 2.74. The lowest BCUT2D eigenvalue weighted by Crippen LogP contribution is -2.14. The van der Waals surface area contributed by atoms with Gasteiger partial charge in [-0.1, -0.05) is 5.16 Å². The van der Waals surface area contributed by atoms with Crippen molar-refractivity contribution in [2.24, 2.45) is 0 Å². The van der Waals surface area contributed by atoms with Gasteiger partial charge in [0.15, 0.2) is 5.03 Å². The van der Waals surface area contributed by atoms with Gasteiger partial charge in [0, 0.05) is 12.3 Å². The second-order valence-corrected chi connectivity index (χ2v) is 5.26. The molecule has 0 saturated carbocycles. The third-order valence-corrected chi connectivity index (χ3v) is 3.38. The second kappa shape index (κ2) is 4.69. The van der Waals surface area contributed by atoms with Gasteiger partial charge in [0.05, 0.1) is 11.3 Å². The van der Waals surface area contributed by atoms with Crippen molar-refractivity contribution in [3.63, 3.8) is 0 Å². The lowest BCUT2D eigenvalue weighted by Gasteiger charge is -2.03. The van der Waals surface area contributed by atoms with Gasteiger partial charge in [-0.05, 0) is 19.1 Å².